The molecule has 0 radical (unpaired) electrons. The molecular formula is C29H46ClN3. The van der Waals surface area contributed by atoms with Crippen molar-refractivity contribution in [3.8, 4) is 0 Å². The highest BCUT2D eigenvalue weighted by Gasteiger charge is 2.22. The molecule has 0 aliphatic heterocycles. The van der Waals surface area contributed by atoms with Gasteiger partial charge < -0.3 is 15.6 Å². The predicted molar refractivity (Wildman–Crippen MR) is 144 cm³/mol. The maximum absolute atomic E-state index is 6.08. The number of hydrogen-bond acceptors (Lipinski definition) is 2. The van der Waals surface area contributed by atoms with Gasteiger partial charge in [-0.1, -0.05) is 44.6 Å². The van der Waals surface area contributed by atoms with E-state index in [2.05, 4.69) is 34.3 Å². The summed E-state index contributed by atoms with van der Waals surface area (Å²) in [7, 11) is 0. The highest BCUT2D eigenvalue weighted by molar-refractivity contribution is 5.85. The number of nitrogens with zero attached hydrogens (tertiary/aromatic N) is 1. The Kier molecular flexibility index (Phi) is 9.19. The van der Waals surface area contributed by atoms with Crippen LogP contribution in [-0.4, -0.2) is 23.2 Å². The Hall–Kier alpha value is -1.03. The van der Waals surface area contributed by atoms with E-state index in [9.17, 15) is 0 Å². The van der Waals surface area contributed by atoms with E-state index in [4.69, 9.17) is 5.73 Å². The number of rotatable bonds is 7. The fraction of sp³-hybridized carbons (Fsp3) is 0.724. The lowest BCUT2D eigenvalue weighted by atomic mass is 9.83. The average molecular weight is 472 g/mol. The molecule has 3 saturated carbocycles. The molecule has 1 heterocycles. The van der Waals surface area contributed by atoms with Crippen LogP contribution in [0, 0.1) is 0 Å². The van der Waals surface area contributed by atoms with Crippen LogP contribution >= 0.6 is 12.4 Å². The third-order valence-electron chi connectivity index (χ3n) is 8.81. The van der Waals surface area contributed by atoms with Gasteiger partial charge in [0.05, 0.1) is 0 Å². The van der Waals surface area contributed by atoms with Crippen LogP contribution in [0.2, 0.25) is 0 Å². The molecule has 3 nitrogen and oxygen atoms in total. The minimum atomic E-state index is 0. The number of fused-ring (bicyclic) bond motifs is 1. The summed E-state index contributed by atoms with van der Waals surface area (Å²) in [6.45, 7) is 1.14. The van der Waals surface area contributed by atoms with Crippen molar-refractivity contribution < 1.29 is 0 Å². The summed E-state index contributed by atoms with van der Waals surface area (Å²) in [5, 5.41) is 5.39. The zero-order chi connectivity index (χ0) is 21.8. The van der Waals surface area contributed by atoms with Gasteiger partial charge >= 0.3 is 0 Å². The fourth-order valence-electron chi connectivity index (χ4n) is 6.80. The Balaban J connectivity index is 0.00000259. The summed E-state index contributed by atoms with van der Waals surface area (Å²) in [6, 6.07) is 9.38. The van der Waals surface area contributed by atoms with Crippen LogP contribution in [0.25, 0.3) is 10.9 Å². The van der Waals surface area contributed by atoms with Gasteiger partial charge in [0.15, 0.2) is 0 Å². The van der Waals surface area contributed by atoms with Gasteiger partial charge in [-0.2, -0.15) is 0 Å². The van der Waals surface area contributed by atoms with Crippen LogP contribution in [0.15, 0.2) is 24.4 Å². The molecule has 0 atom stereocenters. The second kappa shape index (κ2) is 12.1. The minimum Gasteiger partial charge on any atom is -0.344 e. The third-order valence-corrected chi connectivity index (χ3v) is 8.81. The van der Waals surface area contributed by atoms with Gasteiger partial charge in [-0.05, 0) is 99.9 Å². The van der Waals surface area contributed by atoms with Gasteiger partial charge in [0.1, 0.15) is 0 Å². The second-order valence-electron chi connectivity index (χ2n) is 11.1. The van der Waals surface area contributed by atoms with E-state index in [-0.39, 0.29) is 12.4 Å². The lowest BCUT2D eigenvalue weighted by Gasteiger charge is -2.26. The van der Waals surface area contributed by atoms with Crippen molar-refractivity contribution in [1.29, 1.82) is 0 Å². The highest BCUT2D eigenvalue weighted by Crippen LogP contribution is 2.38. The number of nitrogens with one attached hydrogen (secondary N) is 1. The number of aryl methyl sites for hydroxylation is 1. The smallest absolute Gasteiger partial charge is 0.0485 e. The first-order chi connectivity index (χ1) is 15.8. The van der Waals surface area contributed by atoms with Crippen molar-refractivity contribution in [2.75, 3.05) is 6.54 Å². The van der Waals surface area contributed by atoms with Crippen molar-refractivity contribution in [3.05, 3.63) is 35.5 Å². The summed E-state index contributed by atoms with van der Waals surface area (Å²) < 4.78 is 2.67. The maximum Gasteiger partial charge on any atom is 0.0485 e. The van der Waals surface area contributed by atoms with Crippen molar-refractivity contribution in [2.45, 2.75) is 127 Å². The van der Waals surface area contributed by atoms with Crippen LogP contribution in [0.5, 0.6) is 0 Å². The molecule has 1 aromatic carbocycles. The predicted octanol–water partition coefficient (Wildman–Crippen LogP) is 7.41. The Morgan fingerprint density at radius 3 is 2.27 bits per heavy atom. The Morgan fingerprint density at radius 2 is 1.55 bits per heavy atom. The van der Waals surface area contributed by atoms with Gasteiger partial charge in [-0.3, -0.25) is 0 Å². The average Bonchev–Trinajstić information content (AvgIpc) is 3.22. The van der Waals surface area contributed by atoms with E-state index in [1.807, 2.05) is 0 Å². The molecule has 33 heavy (non-hydrogen) atoms. The molecule has 0 saturated heterocycles. The molecule has 0 bridgehead atoms. The van der Waals surface area contributed by atoms with Crippen molar-refractivity contribution in [1.82, 2.24) is 9.88 Å². The van der Waals surface area contributed by atoms with E-state index in [1.165, 1.54) is 108 Å². The monoisotopic (exact) mass is 471 g/mol. The van der Waals surface area contributed by atoms with Crippen LogP contribution in [0.4, 0.5) is 0 Å². The molecule has 3 N–H and O–H groups in total. The minimum absolute atomic E-state index is 0. The van der Waals surface area contributed by atoms with E-state index < -0.39 is 0 Å². The number of hydrogen-bond donors (Lipinski definition) is 2. The number of aromatic nitrogens is 1. The first kappa shape index (κ1) is 25.1. The van der Waals surface area contributed by atoms with Crippen LogP contribution in [0.1, 0.15) is 119 Å². The van der Waals surface area contributed by atoms with Gasteiger partial charge in [-0.15, -0.1) is 12.4 Å². The van der Waals surface area contributed by atoms with Crippen LogP contribution in [0.3, 0.4) is 0 Å². The molecule has 0 spiro atoms. The van der Waals surface area contributed by atoms with Crippen LogP contribution in [-0.2, 0) is 6.42 Å². The lowest BCUT2D eigenvalue weighted by Crippen LogP contribution is -2.37. The van der Waals surface area contributed by atoms with Gasteiger partial charge in [-0.25, -0.2) is 0 Å². The Bertz CT molecular complexity index is 855. The number of benzene rings is 1. The van der Waals surface area contributed by atoms with Gasteiger partial charge in [0, 0.05) is 35.2 Å². The van der Waals surface area contributed by atoms with Crippen LogP contribution < -0.4 is 11.1 Å². The number of nitrogens with two attached hydrogens (primary N) is 1. The zero-order valence-corrected chi connectivity index (χ0v) is 21.4. The SMILES string of the molecule is Cl.N[C@H]1CC[C@H](NCCCc2cn(C3CCCCC3)c3ccc(C4CCCCC4)cc23)CC1. The molecule has 1 aromatic heterocycles. The van der Waals surface area contributed by atoms with Crippen molar-refractivity contribution in [2.24, 2.45) is 5.73 Å². The highest BCUT2D eigenvalue weighted by atomic mass is 35.5. The quantitative estimate of drug-likeness (QED) is 0.413. The number of halogens is 1. The molecule has 0 unspecified atom stereocenters. The summed E-state index contributed by atoms with van der Waals surface area (Å²) >= 11 is 0. The molecule has 5 rings (SSSR count). The Labute approximate surface area is 207 Å². The lowest BCUT2D eigenvalue weighted by molar-refractivity contribution is 0.342. The normalized spacial score (nSPS) is 25.2. The summed E-state index contributed by atoms with van der Waals surface area (Å²) in [5.74, 6) is 0.790. The molecule has 3 aliphatic carbocycles. The van der Waals surface area contributed by atoms with E-state index in [0.29, 0.717) is 18.1 Å². The molecule has 3 aliphatic rings. The molecule has 2 aromatic rings. The molecular weight excluding hydrogens is 426 g/mol. The molecule has 184 valence electrons. The fourth-order valence-corrected chi connectivity index (χ4v) is 6.80. The summed E-state index contributed by atoms with van der Waals surface area (Å²) in [5.41, 5.74) is 10.8. The topological polar surface area (TPSA) is 43.0 Å². The van der Waals surface area contributed by atoms with Gasteiger partial charge in [0.25, 0.3) is 0 Å². The summed E-state index contributed by atoms with van der Waals surface area (Å²) in [4.78, 5) is 0. The van der Waals surface area contributed by atoms with Gasteiger partial charge in [0.2, 0.25) is 0 Å². The zero-order valence-electron chi connectivity index (χ0n) is 20.6. The molecule has 3 fully saturated rings. The van der Waals surface area contributed by atoms with E-state index in [0.717, 1.165) is 12.5 Å². The van der Waals surface area contributed by atoms with Crippen molar-refractivity contribution in [3.63, 3.8) is 0 Å². The third kappa shape index (κ3) is 6.16. The second-order valence-corrected chi connectivity index (χ2v) is 11.1. The molecule has 4 heteroatoms. The molecule has 0 amide bonds. The van der Waals surface area contributed by atoms with E-state index >= 15 is 0 Å². The first-order valence-corrected chi connectivity index (χ1v) is 13.9. The van der Waals surface area contributed by atoms with E-state index in [1.54, 1.807) is 16.5 Å². The summed E-state index contributed by atoms with van der Waals surface area (Å²) in [6.07, 6.45) is 23.8. The maximum atomic E-state index is 6.08. The largest absolute Gasteiger partial charge is 0.344 e. The van der Waals surface area contributed by atoms with Crippen molar-refractivity contribution >= 4 is 23.3 Å². The first-order valence-electron chi connectivity index (χ1n) is 13.9. The Morgan fingerprint density at radius 1 is 0.848 bits per heavy atom. The standard InChI is InChI=1S/C29H45N3.ClH/c30-25-14-16-26(17-15-25)31-19-7-10-24-21-32(27-11-5-2-6-12-27)29-18-13-23(20-28(24)29)22-8-3-1-4-9-22;/h13,18,20-22,25-27,31H,1-12,14-17,19,30H2;1H/t25-,26-;.